The first-order chi connectivity index (χ1) is 12.2. The van der Waals surface area contributed by atoms with Gasteiger partial charge in [-0.25, -0.2) is 4.39 Å². The van der Waals surface area contributed by atoms with Crippen LogP contribution < -0.4 is 9.54 Å². The molecule has 1 aromatic heterocycles. The van der Waals surface area contributed by atoms with Crippen LogP contribution in [-0.4, -0.2) is 31.3 Å². The molecule has 1 heterocycles. The molecule has 0 aliphatic carbocycles. The minimum Gasteiger partial charge on any atom is -0.495 e. The molecule has 1 amide bonds. The number of hydrogen-bond acceptors (Lipinski definition) is 4. The normalized spacial score (nSPS) is 11.9. The third-order valence-electron chi connectivity index (χ3n) is 3.70. The number of rotatable bonds is 5. The smallest absolute Gasteiger partial charge is 0.282 e. The van der Waals surface area contributed by atoms with E-state index in [2.05, 4.69) is 4.99 Å². The first-order valence-corrected chi connectivity index (χ1v) is 8.46. The number of methoxy groups -OCH3 is 2. The van der Waals surface area contributed by atoms with Crippen LogP contribution in [0.2, 0.25) is 0 Å². The van der Waals surface area contributed by atoms with Crippen LogP contribution in [0.1, 0.15) is 10.4 Å². The summed E-state index contributed by atoms with van der Waals surface area (Å²) in [5, 5.41) is 0. The third kappa shape index (κ3) is 3.47. The number of halogens is 1. The first-order valence-electron chi connectivity index (χ1n) is 7.64. The molecule has 0 N–H and O–H groups in total. The Kier molecular flexibility index (Phi) is 5.25. The summed E-state index contributed by atoms with van der Waals surface area (Å²) in [6.07, 6.45) is 0. The summed E-state index contributed by atoms with van der Waals surface area (Å²) in [5.74, 6) is -0.516. The molecule has 0 fully saturated rings. The summed E-state index contributed by atoms with van der Waals surface area (Å²) in [7, 11) is 3.20. The largest absolute Gasteiger partial charge is 0.495 e. The number of nitrogens with zero attached hydrogens (tertiary/aromatic N) is 2. The number of carbonyl (C=O) groups excluding carboxylic acids is 1. The Morgan fingerprint density at radius 3 is 2.72 bits per heavy atom. The number of ether oxygens (including phenoxy) is 2. The van der Waals surface area contributed by atoms with Gasteiger partial charge in [-0.1, -0.05) is 29.5 Å². The zero-order valence-electron chi connectivity index (χ0n) is 13.9. The van der Waals surface area contributed by atoms with Crippen molar-refractivity contribution >= 4 is 27.5 Å². The second-order valence-electron chi connectivity index (χ2n) is 5.23. The number of carbonyl (C=O) groups is 1. The molecule has 25 heavy (non-hydrogen) atoms. The molecular formula is C18H17FN2O3S. The van der Waals surface area contributed by atoms with E-state index in [1.165, 1.54) is 29.5 Å². The minimum absolute atomic E-state index is 0.0507. The van der Waals surface area contributed by atoms with Crippen LogP contribution in [0.3, 0.4) is 0 Å². The summed E-state index contributed by atoms with van der Waals surface area (Å²) in [6.45, 7) is 0.950. The molecule has 0 bridgehead atoms. The van der Waals surface area contributed by atoms with E-state index in [9.17, 15) is 9.18 Å². The van der Waals surface area contributed by atoms with Crippen molar-refractivity contribution in [2.75, 3.05) is 20.8 Å². The summed E-state index contributed by atoms with van der Waals surface area (Å²) in [5.41, 5.74) is 0.789. The van der Waals surface area contributed by atoms with Gasteiger partial charge in [0.15, 0.2) is 4.80 Å². The van der Waals surface area contributed by atoms with Crippen molar-refractivity contribution in [1.29, 1.82) is 0 Å². The Bertz CT molecular complexity index is 978. The number of fused-ring (bicyclic) bond motifs is 1. The number of aromatic nitrogens is 1. The van der Waals surface area contributed by atoms with Crippen LogP contribution in [0.25, 0.3) is 10.2 Å². The van der Waals surface area contributed by atoms with Gasteiger partial charge in [-0.05, 0) is 24.3 Å². The van der Waals surface area contributed by atoms with Gasteiger partial charge in [0.05, 0.1) is 24.0 Å². The van der Waals surface area contributed by atoms with Crippen molar-refractivity contribution in [2.24, 2.45) is 4.99 Å². The molecule has 0 aliphatic heterocycles. The van der Waals surface area contributed by atoms with Crippen molar-refractivity contribution < 1.29 is 18.7 Å². The number of para-hydroxylation sites is 1. The lowest BCUT2D eigenvalue weighted by molar-refractivity contribution is 0.0993. The highest BCUT2D eigenvalue weighted by Crippen LogP contribution is 2.27. The molecule has 130 valence electrons. The van der Waals surface area contributed by atoms with E-state index in [4.69, 9.17) is 9.47 Å². The fourth-order valence-corrected chi connectivity index (χ4v) is 3.59. The molecule has 0 radical (unpaired) electrons. The molecule has 0 saturated carbocycles. The van der Waals surface area contributed by atoms with Crippen LogP contribution >= 0.6 is 11.3 Å². The van der Waals surface area contributed by atoms with Crippen LogP contribution in [0.5, 0.6) is 5.75 Å². The van der Waals surface area contributed by atoms with Crippen LogP contribution in [0.15, 0.2) is 47.5 Å². The summed E-state index contributed by atoms with van der Waals surface area (Å²) < 4.78 is 27.2. The van der Waals surface area contributed by atoms with Gasteiger partial charge >= 0.3 is 0 Å². The monoisotopic (exact) mass is 360 g/mol. The first kappa shape index (κ1) is 17.3. The molecule has 0 spiro atoms. The maximum Gasteiger partial charge on any atom is 0.282 e. The highest BCUT2D eigenvalue weighted by molar-refractivity contribution is 7.16. The van der Waals surface area contributed by atoms with Gasteiger partial charge in [0.2, 0.25) is 0 Å². The van der Waals surface area contributed by atoms with Gasteiger partial charge in [0, 0.05) is 13.7 Å². The fraction of sp³-hybridized carbons (Fsp3) is 0.222. The van der Waals surface area contributed by atoms with Crippen molar-refractivity contribution in [3.8, 4) is 5.75 Å². The lowest BCUT2D eigenvalue weighted by atomic mass is 10.2. The number of hydrogen-bond donors (Lipinski definition) is 0. The standard InChI is InChI=1S/C18H17FN2O3S/c1-23-11-10-21-16-14(24-2)8-5-9-15(16)25-18(21)20-17(22)12-6-3-4-7-13(12)19/h3-9H,10-11H2,1-2H3. The molecule has 3 rings (SSSR count). The maximum absolute atomic E-state index is 13.8. The lowest BCUT2D eigenvalue weighted by Crippen LogP contribution is -2.20. The van der Waals surface area contributed by atoms with Crippen LogP contribution in [0, 0.1) is 5.82 Å². The highest BCUT2D eigenvalue weighted by atomic mass is 32.1. The molecule has 3 aromatic rings. The maximum atomic E-state index is 13.8. The van der Waals surface area contributed by atoms with Gasteiger partial charge in [0.25, 0.3) is 5.91 Å². The SMILES string of the molecule is COCCn1c(=NC(=O)c2ccccc2F)sc2cccc(OC)c21. The number of amides is 1. The molecule has 0 atom stereocenters. The Morgan fingerprint density at radius 1 is 1.20 bits per heavy atom. The molecule has 0 aliphatic rings. The van der Waals surface area contributed by atoms with E-state index in [-0.39, 0.29) is 5.56 Å². The number of thiazole rings is 1. The molecule has 5 nitrogen and oxygen atoms in total. The van der Waals surface area contributed by atoms with E-state index in [1.54, 1.807) is 20.3 Å². The second kappa shape index (κ2) is 7.58. The Balaban J connectivity index is 2.18. The zero-order valence-corrected chi connectivity index (χ0v) is 14.7. The van der Waals surface area contributed by atoms with E-state index in [0.717, 1.165) is 10.2 Å². The molecule has 0 saturated heterocycles. The average Bonchev–Trinajstić information content (AvgIpc) is 2.97. The predicted molar refractivity (Wildman–Crippen MR) is 94.5 cm³/mol. The van der Waals surface area contributed by atoms with Crippen LogP contribution in [-0.2, 0) is 11.3 Å². The van der Waals surface area contributed by atoms with Crippen molar-refractivity contribution in [1.82, 2.24) is 4.57 Å². The Hall–Kier alpha value is -2.51. The van der Waals surface area contributed by atoms with E-state index in [1.807, 2.05) is 22.8 Å². The third-order valence-corrected chi connectivity index (χ3v) is 4.75. The van der Waals surface area contributed by atoms with Gasteiger partial charge in [0.1, 0.15) is 17.1 Å². The van der Waals surface area contributed by atoms with Gasteiger partial charge in [-0.2, -0.15) is 4.99 Å². The van der Waals surface area contributed by atoms with Crippen molar-refractivity contribution in [3.05, 3.63) is 58.6 Å². The van der Waals surface area contributed by atoms with Gasteiger partial charge in [-0.3, -0.25) is 4.79 Å². The van der Waals surface area contributed by atoms with Crippen molar-refractivity contribution in [2.45, 2.75) is 6.54 Å². The van der Waals surface area contributed by atoms with Crippen molar-refractivity contribution in [3.63, 3.8) is 0 Å². The van der Waals surface area contributed by atoms with Gasteiger partial charge in [-0.15, -0.1) is 0 Å². The quantitative estimate of drug-likeness (QED) is 0.702. The fourth-order valence-electron chi connectivity index (χ4n) is 2.52. The number of benzene rings is 2. The summed E-state index contributed by atoms with van der Waals surface area (Å²) in [6, 6.07) is 11.5. The van der Waals surface area contributed by atoms with E-state index in [0.29, 0.717) is 23.7 Å². The highest BCUT2D eigenvalue weighted by Gasteiger charge is 2.14. The zero-order chi connectivity index (χ0) is 17.8. The minimum atomic E-state index is -0.616. The molecule has 0 unspecified atom stereocenters. The topological polar surface area (TPSA) is 52.8 Å². The molecule has 2 aromatic carbocycles. The predicted octanol–water partition coefficient (Wildman–Crippen LogP) is 3.24. The summed E-state index contributed by atoms with van der Waals surface area (Å²) in [4.78, 5) is 17.0. The Labute approximate surface area is 148 Å². The van der Waals surface area contributed by atoms with E-state index >= 15 is 0 Å². The second-order valence-corrected chi connectivity index (χ2v) is 6.24. The summed E-state index contributed by atoms with van der Waals surface area (Å²) >= 11 is 1.35. The van der Waals surface area contributed by atoms with Gasteiger partial charge < -0.3 is 14.0 Å². The Morgan fingerprint density at radius 2 is 2.00 bits per heavy atom. The lowest BCUT2D eigenvalue weighted by Gasteiger charge is -2.07. The van der Waals surface area contributed by atoms with Crippen LogP contribution in [0.4, 0.5) is 4.39 Å². The molecule has 7 heteroatoms. The molecular weight excluding hydrogens is 343 g/mol. The average molecular weight is 360 g/mol. The van der Waals surface area contributed by atoms with E-state index < -0.39 is 11.7 Å².